The molecule has 2 heterocycles. The third-order valence-electron chi connectivity index (χ3n) is 4.43. The van der Waals surface area contributed by atoms with Crippen LogP contribution in [0, 0.1) is 0 Å². The van der Waals surface area contributed by atoms with E-state index >= 15 is 0 Å². The fraction of sp³-hybridized carbons (Fsp3) is 0.733. The number of hydrogen-bond donors (Lipinski definition) is 2. The zero-order valence-corrected chi connectivity index (χ0v) is 15.4. The second-order valence-corrected chi connectivity index (χ2v) is 7.08. The number of nitrogens with one attached hydrogen (secondary N) is 2. The molecule has 142 valence electrons. The monoisotopic (exact) mass is 379 g/mol. The van der Waals surface area contributed by atoms with E-state index in [1.54, 1.807) is 7.05 Å². The van der Waals surface area contributed by atoms with Crippen LogP contribution in [-0.2, 0) is 17.5 Å². The normalized spacial score (nSPS) is 18.4. The van der Waals surface area contributed by atoms with Crippen LogP contribution in [-0.4, -0.2) is 62.3 Å². The maximum absolute atomic E-state index is 12.6. The summed E-state index contributed by atoms with van der Waals surface area (Å²) in [6.45, 7) is 2.30. The Balaban J connectivity index is 1.89. The molecule has 0 radical (unpaired) electrons. The lowest BCUT2D eigenvalue weighted by Crippen LogP contribution is -2.57. The molecule has 0 atom stereocenters. The first-order valence-corrected chi connectivity index (χ1v) is 8.86. The number of ether oxygens (including phenoxy) is 1. The summed E-state index contributed by atoms with van der Waals surface area (Å²) < 4.78 is 43.2. The minimum absolute atomic E-state index is 0.0273. The van der Waals surface area contributed by atoms with Crippen molar-refractivity contribution in [2.75, 3.05) is 40.9 Å². The minimum Gasteiger partial charge on any atom is -0.381 e. The topological polar surface area (TPSA) is 61.8 Å². The van der Waals surface area contributed by atoms with Crippen molar-refractivity contribution in [1.29, 1.82) is 0 Å². The number of alkyl halides is 3. The molecule has 1 saturated heterocycles. The molecule has 1 aromatic heterocycles. The van der Waals surface area contributed by atoms with Gasteiger partial charge in [-0.05, 0) is 26.9 Å². The predicted octanol–water partition coefficient (Wildman–Crippen LogP) is 1.94. The number of nitrogens with zero attached hydrogens (tertiary/aromatic N) is 3. The molecule has 1 aromatic rings. The summed E-state index contributed by atoms with van der Waals surface area (Å²) in [7, 11) is 5.71. The standard InChI is InChI=1S/C15H24F3N5OS/c1-19-13(20-8-12-22-11(9-25-12)15(16,17)18)21-10-14(23(2)3)4-6-24-7-5-14/h9H,4-8,10H2,1-3H3,(H2,19,20,21). The van der Waals surface area contributed by atoms with Crippen LogP contribution in [0.3, 0.4) is 0 Å². The van der Waals surface area contributed by atoms with Crippen LogP contribution in [0.4, 0.5) is 13.2 Å². The van der Waals surface area contributed by atoms with Crippen LogP contribution in [0.5, 0.6) is 0 Å². The van der Waals surface area contributed by atoms with Gasteiger partial charge in [-0.3, -0.25) is 4.99 Å². The van der Waals surface area contributed by atoms with Crippen molar-refractivity contribution in [2.24, 2.45) is 4.99 Å². The lowest BCUT2D eigenvalue weighted by Gasteiger charge is -2.43. The first-order chi connectivity index (χ1) is 11.8. The molecule has 2 rings (SSSR count). The Hall–Kier alpha value is -1.39. The van der Waals surface area contributed by atoms with Crippen molar-refractivity contribution >= 4 is 17.3 Å². The van der Waals surface area contributed by atoms with Crippen molar-refractivity contribution in [3.63, 3.8) is 0 Å². The van der Waals surface area contributed by atoms with E-state index in [9.17, 15) is 13.2 Å². The first-order valence-electron chi connectivity index (χ1n) is 7.98. The average molecular weight is 379 g/mol. The fourth-order valence-corrected chi connectivity index (χ4v) is 3.42. The van der Waals surface area contributed by atoms with Gasteiger partial charge in [0, 0.05) is 37.7 Å². The SMILES string of the molecule is CN=C(NCc1nc(C(F)(F)F)cs1)NCC1(N(C)C)CCOCC1. The quantitative estimate of drug-likeness (QED) is 0.605. The summed E-state index contributed by atoms with van der Waals surface area (Å²) in [5.74, 6) is 0.538. The van der Waals surface area contributed by atoms with Gasteiger partial charge in [0.2, 0.25) is 0 Å². The number of likely N-dealkylation sites (N-methyl/N-ethyl adjacent to an activating group) is 1. The van der Waals surface area contributed by atoms with E-state index < -0.39 is 11.9 Å². The average Bonchev–Trinajstić information content (AvgIpc) is 3.05. The predicted molar refractivity (Wildman–Crippen MR) is 91.8 cm³/mol. The Labute approximate surface area is 149 Å². The lowest BCUT2D eigenvalue weighted by atomic mass is 9.88. The highest BCUT2D eigenvalue weighted by atomic mass is 32.1. The van der Waals surface area contributed by atoms with Crippen LogP contribution in [0.2, 0.25) is 0 Å². The van der Waals surface area contributed by atoms with Gasteiger partial charge in [-0.1, -0.05) is 0 Å². The van der Waals surface area contributed by atoms with Gasteiger partial charge in [0.15, 0.2) is 11.7 Å². The molecule has 0 unspecified atom stereocenters. The molecule has 1 fully saturated rings. The van der Waals surface area contributed by atoms with Gasteiger partial charge in [-0.15, -0.1) is 11.3 Å². The van der Waals surface area contributed by atoms with Crippen LogP contribution < -0.4 is 10.6 Å². The molecule has 0 aromatic carbocycles. The maximum atomic E-state index is 12.6. The Bertz CT molecular complexity index is 582. The van der Waals surface area contributed by atoms with Gasteiger partial charge < -0.3 is 20.3 Å². The molecule has 6 nitrogen and oxygen atoms in total. The molecule has 10 heteroatoms. The molecule has 0 spiro atoms. The van der Waals surface area contributed by atoms with Gasteiger partial charge in [0.25, 0.3) is 0 Å². The summed E-state index contributed by atoms with van der Waals surface area (Å²) in [4.78, 5) is 9.92. The Morgan fingerprint density at radius 3 is 2.56 bits per heavy atom. The molecule has 1 aliphatic rings. The molecule has 2 N–H and O–H groups in total. The van der Waals surface area contributed by atoms with Crippen molar-refractivity contribution < 1.29 is 17.9 Å². The summed E-state index contributed by atoms with van der Waals surface area (Å²) in [6.07, 6.45) is -2.59. The summed E-state index contributed by atoms with van der Waals surface area (Å²) in [5, 5.41) is 7.67. The number of halogens is 3. The highest BCUT2D eigenvalue weighted by Crippen LogP contribution is 2.30. The molecule has 1 aliphatic heterocycles. The highest BCUT2D eigenvalue weighted by molar-refractivity contribution is 7.09. The summed E-state index contributed by atoms with van der Waals surface area (Å²) >= 11 is 0.978. The van der Waals surface area contributed by atoms with Crippen LogP contribution in [0.1, 0.15) is 23.5 Å². The van der Waals surface area contributed by atoms with E-state index in [1.807, 2.05) is 14.1 Å². The zero-order valence-electron chi connectivity index (χ0n) is 14.6. The van der Waals surface area contributed by atoms with E-state index in [1.165, 1.54) is 0 Å². The maximum Gasteiger partial charge on any atom is 0.434 e. The second-order valence-electron chi connectivity index (χ2n) is 6.13. The van der Waals surface area contributed by atoms with E-state index in [-0.39, 0.29) is 12.1 Å². The van der Waals surface area contributed by atoms with E-state index in [4.69, 9.17) is 4.74 Å². The third kappa shape index (κ3) is 5.29. The number of rotatable bonds is 5. The fourth-order valence-electron chi connectivity index (χ4n) is 2.68. The van der Waals surface area contributed by atoms with Crippen molar-refractivity contribution in [2.45, 2.75) is 31.1 Å². The van der Waals surface area contributed by atoms with Crippen molar-refractivity contribution in [3.8, 4) is 0 Å². The van der Waals surface area contributed by atoms with Gasteiger partial charge in [-0.2, -0.15) is 13.2 Å². The first kappa shape index (κ1) is 19.9. The van der Waals surface area contributed by atoms with Gasteiger partial charge in [0.05, 0.1) is 6.54 Å². The molecule has 25 heavy (non-hydrogen) atoms. The lowest BCUT2D eigenvalue weighted by molar-refractivity contribution is -0.140. The minimum atomic E-state index is -4.41. The van der Waals surface area contributed by atoms with Gasteiger partial charge in [-0.25, -0.2) is 4.98 Å². The van der Waals surface area contributed by atoms with E-state index in [0.717, 1.165) is 29.6 Å². The van der Waals surface area contributed by atoms with E-state index in [2.05, 4.69) is 25.5 Å². The largest absolute Gasteiger partial charge is 0.434 e. The van der Waals surface area contributed by atoms with Gasteiger partial charge >= 0.3 is 6.18 Å². The van der Waals surface area contributed by atoms with Crippen molar-refractivity contribution in [1.82, 2.24) is 20.5 Å². The molecule has 0 saturated carbocycles. The molecule has 0 aliphatic carbocycles. The molecular formula is C15H24F3N5OS. The molecular weight excluding hydrogens is 355 g/mol. The Morgan fingerprint density at radius 1 is 1.36 bits per heavy atom. The summed E-state index contributed by atoms with van der Waals surface area (Å²) in [6, 6.07) is 0. The smallest absolute Gasteiger partial charge is 0.381 e. The number of aliphatic imine (C=N–C) groups is 1. The van der Waals surface area contributed by atoms with Crippen LogP contribution >= 0.6 is 11.3 Å². The van der Waals surface area contributed by atoms with Crippen LogP contribution in [0.15, 0.2) is 10.4 Å². The Kier molecular flexibility index (Phi) is 6.64. The number of thiazole rings is 1. The Morgan fingerprint density at radius 2 is 2.04 bits per heavy atom. The molecule has 0 bridgehead atoms. The van der Waals surface area contributed by atoms with Crippen LogP contribution in [0.25, 0.3) is 0 Å². The number of aromatic nitrogens is 1. The molecule has 0 amide bonds. The third-order valence-corrected chi connectivity index (χ3v) is 5.28. The van der Waals surface area contributed by atoms with Crippen molar-refractivity contribution in [3.05, 3.63) is 16.1 Å². The van der Waals surface area contributed by atoms with Gasteiger partial charge in [0.1, 0.15) is 5.01 Å². The zero-order chi connectivity index (χ0) is 18.5. The van der Waals surface area contributed by atoms with E-state index in [0.29, 0.717) is 30.7 Å². The second kappa shape index (κ2) is 8.33. The number of hydrogen-bond acceptors (Lipinski definition) is 5. The highest BCUT2D eigenvalue weighted by Gasteiger charge is 2.35. The number of guanidine groups is 1. The summed E-state index contributed by atoms with van der Waals surface area (Å²) in [5.41, 5.74) is -0.883.